The second-order valence-electron chi connectivity index (χ2n) is 5.05. The molecule has 0 aromatic heterocycles. The molecular weight excluding hydrogens is 200 g/mol. The van der Waals surface area contributed by atoms with Crippen LogP contribution < -0.4 is 11.1 Å². The minimum absolute atomic E-state index is 0.0140. The fourth-order valence-electron chi connectivity index (χ4n) is 2.41. The molecule has 3 N–H and O–H groups in total. The van der Waals surface area contributed by atoms with Gasteiger partial charge in [-0.05, 0) is 31.1 Å². The third kappa shape index (κ3) is 4.12. The monoisotopic (exact) mass is 226 g/mol. The minimum Gasteiger partial charge on any atom is -0.354 e. The largest absolute Gasteiger partial charge is 0.354 e. The number of hydrogen-bond acceptors (Lipinski definition) is 2. The van der Waals surface area contributed by atoms with Gasteiger partial charge in [0.1, 0.15) is 0 Å². The van der Waals surface area contributed by atoms with Crippen molar-refractivity contribution in [1.29, 1.82) is 0 Å². The van der Waals surface area contributed by atoms with Crippen molar-refractivity contribution in [3.63, 3.8) is 0 Å². The van der Waals surface area contributed by atoms with E-state index in [1.807, 2.05) is 6.92 Å². The summed E-state index contributed by atoms with van der Waals surface area (Å²) in [5.41, 5.74) is 5.66. The van der Waals surface area contributed by atoms with Crippen LogP contribution in [0.2, 0.25) is 0 Å². The van der Waals surface area contributed by atoms with E-state index in [-0.39, 0.29) is 11.9 Å². The van der Waals surface area contributed by atoms with Gasteiger partial charge in [0.25, 0.3) is 0 Å². The van der Waals surface area contributed by atoms with Crippen LogP contribution in [0, 0.1) is 11.8 Å². The lowest BCUT2D eigenvalue weighted by Crippen LogP contribution is -2.42. The standard InChI is InChI=1S/C13H26N2O/c1-3-10-5-7-11(8-6-10)9-15-13(16)12(14)4-2/h10-12H,3-9,14H2,1-2H3,(H,15,16)/t10?,11?,12-/m1/s1. The molecule has 1 aliphatic rings. The normalized spacial score (nSPS) is 27.4. The molecule has 16 heavy (non-hydrogen) atoms. The van der Waals surface area contributed by atoms with Crippen molar-refractivity contribution in [3.8, 4) is 0 Å². The fourth-order valence-corrected chi connectivity index (χ4v) is 2.41. The summed E-state index contributed by atoms with van der Waals surface area (Å²) in [5, 5.41) is 2.97. The van der Waals surface area contributed by atoms with E-state index in [1.165, 1.54) is 32.1 Å². The molecule has 3 heteroatoms. The van der Waals surface area contributed by atoms with Crippen LogP contribution in [0.1, 0.15) is 52.4 Å². The molecule has 0 aromatic carbocycles. The van der Waals surface area contributed by atoms with Crippen molar-refractivity contribution in [3.05, 3.63) is 0 Å². The van der Waals surface area contributed by atoms with Crippen LogP contribution in [0.3, 0.4) is 0 Å². The average Bonchev–Trinajstić information content (AvgIpc) is 2.35. The molecule has 1 amide bonds. The molecule has 94 valence electrons. The van der Waals surface area contributed by atoms with Crippen molar-refractivity contribution in [1.82, 2.24) is 5.32 Å². The summed E-state index contributed by atoms with van der Waals surface area (Å²) in [6.07, 6.45) is 7.21. The van der Waals surface area contributed by atoms with E-state index in [1.54, 1.807) is 0 Å². The molecule has 3 nitrogen and oxygen atoms in total. The predicted octanol–water partition coefficient (Wildman–Crippen LogP) is 2.06. The van der Waals surface area contributed by atoms with Gasteiger partial charge < -0.3 is 11.1 Å². The van der Waals surface area contributed by atoms with Crippen LogP contribution in [0.25, 0.3) is 0 Å². The second kappa shape index (κ2) is 6.89. The molecule has 0 radical (unpaired) electrons. The number of nitrogens with one attached hydrogen (secondary N) is 1. The van der Waals surface area contributed by atoms with Crippen LogP contribution in [0.4, 0.5) is 0 Å². The molecule has 0 aromatic rings. The Kier molecular flexibility index (Phi) is 5.81. The van der Waals surface area contributed by atoms with Crippen LogP contribution in [0.5, 0.6) is 0 Å². The van der Waals surface area contributed by atoms with E-state index in [2.05, 4.69) is 12.2 Å². The van der Waals surface area contributed by atoms with Gasteiger partial charge in [-0.25, -0.2) is 0 Å². The van der Waals surface area contributed by atoms with Gasteiger partial charge in [-0.1, -0.05) is 33.1 Å². The van der Waals surface area contributed by atoms with Gasteiger partial charge in [0, 0.05) is 6.54 Å². The molecular formula is C13H26N2O. The van der Waals surface area contributed by atoms with Crippen LogP contribution in [0.15, 0.2) is 0 Å². The Labute approximate surface area is 99.2 Å². The molecule has 1 atom stereocenters. The maximum absolute atomic E-state index is 11.5. The van der Waals surface area contributed by atoms with Crippen molar-refractivity contribution in [2.24, 2.45) is 17.6 Å². The topological polar surface area (TPSA) is 55.1 Å². The van der Waals surface area contributed by atoms with Crippen molar-refractivity contribution in [2.75, 3.05) is 6.54 Å². The zero-order chi connectivity index (χ0) is 12.0. The smallest absolute Gasteiger partial charge is 0.236 e. The first-order valence-electron chi connectivity index (χ1n) is 6.70. The third-order valence-electron chi connectivity index (χ3n) is 3.89. The molecule has 0 spiro atoms. The number of carbonyl (C=O) groups excluding carboxylic acids is 1. The Morgan fingerprint density at radius 3 is 2.31 bits per heavy atom. The Morgan fingerprint density at radius 2 is 1.81 bits per heavy atom. The molecule has 1 rings (SSSR count). The number of amides is 1. The molecule has 0 heterocycles. The summed E-state index contributed by atoms with van der Waals surface area (Å²) < 4.78 is 0. The molecule has 1 aliphatic carbocycles. The van der Waals surface area contributed by atoms with E-state index in [4.69, 9.17) is 5.73 Å². The molecule has 0 bridgehead atoms. The fraction of sp³-hybridized carbons (Fsp3) is 0.923. The van der Waals surface area contributed by atoms with Crippen LogP contribution in [-0.4, -0.2) is 18.5 Å². The van der Waals surface area contributed by atoms with Gasteiger partial charge in [0.15, 0.2) is 0 Å². The highest BCUT2D eigenvalue weighted by molar-refractivity contribution is 5.81. The number of nitrogens with two attached hydrogens (primary N) is 1. The first-order valence-corrected chi connectivity index (χ1v) is 6.70. The molecule has 1 saturated carbocycles. The summed E-state index contributed by atoms with van der Waals surface area (Å²) in [7, 11) is 0. The third-order valence-corrected chi connectivity index (χ3v) is 3.89. The lowest BCUT2D eigenvalue weighted by atomic mass is 9.81. The van der Waals surface area contributed by atoms with Crippen molar-refractivity contribution in [2.45, 2.75) is 58.4 Å². The average molecular weight is 226 g/mol. The summed E-state index contributed by atoms with van der Waals surface area (Å²) >= 11 is 0. The Morgan fingerprint density at radius 1 is 1.25 bits per heavy atom. The highest BCUT2D eigenvalue weighted by Gasteiger charge is 2.20. The minimum atomic E-state index is -0.327. The highest BCUT2D eigenvalue weighted by atomic mass is 16.2. The Bertz CT molecular complexity index is 210. The second-order valence-corrected chi connectivity index (χ2v) is 5.05. The van der Waals surface area contributed by atoms with E-state index in [9.17, 15) is 4.79 Å². The van der Waals surface area contributed by atoms with E-state index >= 15 is 0 Å². The SMILES string of the molecule is CCC1CCC(CNC(=O)[C@H](N)CC)CC1. The van der Waals surface area contributed by atoms with Gasteiger partial charge in [-0.15, -0.1) is 0 Å². The zero-order valence-electron chi connectivity index (χ0n) is 10.7. The quantitative estimate of drug-likeness (QED) is 0.754. The van der Waals surface area contributed by atoms with Crippen LogP contribution >= 0.6 is 0 Å². The first kappa shape index (κ1) is 13.5. The summed E-state index contributed by atoms with van der Waals surface area (Å²) in [6, 6.07) is -0.327. The molecule has 0 saturated heterocycles. The molecule has 0 aliphatic heterocycles. The van der Waals surface area contributed by atoms with E-state index in [0.717, 1.165) is 12.5 Å². The van der Waals surface area contributed by atoms with Gasteiger partial charge in [-0.2, -0.15) is 0 Å². The highest BCUT2D eigenvalue weighted by Crippen LogP contribution is 2.29. The van der Waals surface area contributed by atoms with E-state index < -0.39 is 0 Å². The van der Waals surface area contributed by atoms with Gasteiger partial charge in [-0.3, -0.25) is 4.79 Å². The number of carbonyl (C=O) groups is 1. The van der Waals surface area contributed by atoms with Crippen molar-refractivity contribution >= 4 is 5.91 Å². The maximum atomic E-state index is 11.5. The van der Waals surface area contributed by atoms with Crippen LogP contribution in [-0.2, 0) is 4.79 Å². The summed E-state index contributed by atoms with van der Waals surface area (Å²) in [5.74, 6) is 1.61. The van der Waals surface area contributed by atoms with Crippen molar-refractivity contribution < 1.29 is 4.79 Å². The summed E-state index contributed by atoms with van der Waals surface area (Å²) in [4.78, 5) is 11.5. The van der Waals surface area contributed by atoms with E-state index in [0.29, 0.717) is 12.3 Å². The van der Waals surface area contributed by atoms with Gasteiger partial charge >= 0.3 is 0 Å². The Hall–Kier alpha value is -0.570. The zero-order valence-corrected chi connectivity index (χ0v) is 10.7. The van der Waals surface area contributed by atoms with Gasteiger partial charge in [0.05, 0.1) is 6.04 Å². The number of hydrogen-bond donors (Lipinski definition) is 2. The molecule has 0 unspecified atom stereocenters. The predicted molar refractivity (Wildman–Crippen MR) is 67.0 cm³/mol. The first-order chi connectivity index (χ1) is 7.67. The number of rotatable bonds is 5. The Balaban J connectivity index is 2.17. The summed E-state index contributed by atoms with van der Waals surface area (Å²) in [6.45, 7) is 5.03. The van der Waals surface area contributed by atoms with Gasteiger partial charge in [0.2, 0.25) is 5.91 Å². The lowest BCUT2D eigenvalue weighted by molar-refractivity contribution is -0.122. The molecule has 1 fully saturated rings. The maximum Gasteiger partial charge on any atom is 0.236 e. The lowest BCUT2D eigenvalue weighted by Gasteiger charge is -2.28.